The van der Waals surface area contributed by atoms with Gasteiger partial charge in [0.05, 0.1) is 5.02 Å². The van der Waals surface area contributed by atoms with Crippen LogP contribution in [0.3, 0.4) is 0 Å². The molecule has 0 saturated heterocycles. The fourth-order valence-electron chi connectivity index (χ4n) is 3.27. The Bertz CT molecular complexity index is 747. The van der Waals surface area contributed by atoms with Gasteiger partial charge in [-0.3, -0.25) is 0 Å². The van der Waals surface area contributed by atoms with Crippen LogP contribution in [-0.2, 0) is 6.42 Å². The van der Waals surface area contributed by atoms with Crippen molar-refractivity contribution < 1.29 is 10.2 Å². The average Bonchev–Trinajstić information content (AvgIpc) is 2.68. The smallest absolute Gasteiger partial charge is 0.134 e. The van der Waals surface area contributed by atoms with Gasteiger partial charge in [-0.15, -0.1) is 0 Å². The van der Waals surface area contributed by atoms with Gasteiger partial charge in [0.2, 0.25) is 0 Å². The second kappa shape index (κ2) is 6.05. The van der Waals surface area contributed by atoms with Crippen molar-refractivity contribution >= 4 is 22.7 Å². The maximum atomic E-state index is 9.73. The van der Waals surface area contributed by atoms with Crippen LogP contribution in [-0.4, -0.2) is 10.2 Å². The molecule has 0 radical (unpaired) electrons. The molecule has 3 heteroatoms. The number of allylic oxidation sites excluding steroid dienone is 2. The van der Waals surface area contributed by atoms with E-state index in [9.17, 15) is 10.2 Å². The minimum Gasteiger partial charge on any atom is -0.508 e. The molecule has 2 nitrogen and oxygen atoms in total. The number of phenols is 2. The molecule has 22 heavy (non-hydrogen) atoms. The molecule has 0 unspecified atom stereocenters. The SMILES string of the molecule is CCC1=C(c2ccc(O)c(Cl)c2)CCCc2cc(O)ccc21. The summed E-state index contributed by atoms with van der Waals surface area (Å²) in [6, 6.07) is 11.1. The summed E-state index contributed by atoms with van der Waals surface area (Å²) >= 11 is 6.08. The number of hydrogen-bond donors (Lipinski definition) is 2. The summed E-state index contributed by atoms with van der Waals surface area (Å²) in [5, 5.41) is 19.7. The Balaban J connectivity index is 2.18. The van der Waals surface area contributed by atoms with E-state index in [0.29, 0.717) is 10.8 Å². The van der Waals surface area contributed by atoms with Crippen LogP contribution >= 0.6 is 11.6 Å². The van der Waals surface area contributed by atoms with E-state index in [1.807, 2.05) is 24.3 Å². The molecule has 0 aromatic heterocycles. The summed E-state index contributed by atoms with van der Waals surface area (Å²) in [6.45, 7) is 2.15. The first kappa shape index (κ1) is 15.0. The van der Waals surface area contributed by atoms with Crippen molar-refractivity contribution in [1.29, 1.82) is 0 Å². The average molecular weight is 315 g/mol. The Kier molecular flexibility index (Phi) is 4.12. The molecular weight excluding hydrogens is 296 g/mol. The Morgan fingerprint density at radius 1 is 1.05 bits per heavy atom. The van der Waals surface area contributed by atoms with E-state index in [1.54, 1.807) is 12.1 Å². The molecular formula is C19H19ClO2. The van der Waals surface area contributed by atoms with Crippen LogP contribution < -0.4 is 0 Å². The molecule has 0 aliphatic heterocycles. The summed E-state index contributed by atoms with van der Waals surface area (Å²) in [6.07, 6.45) is 3.89. The quantitative estimate of drug-likeness (QED) is 0.778. The van der Waals surface area contributed by atoms with Crippen molar-refractivity contribution in [3.05, 3.63) is 58.1 Å². The first-order valence-corrected chi connectivity index (χ1v) is 8.01. The molecule has 0 saturated carbocycles. The number of fused-ring (bicyclic) bond motifs is 1. The Morgan fingerprint density at radius 3 is 2.59 bits per heavy atom. The molecule has 3 rings (SSSR count). The van der Waals surface area contributed by atoms with Crippen LogP contribution in [0.25, 0.3) is 11.1 Å². The van der Waals surface area contributed by atoms with E-state index in [4.69, 9.17) is 11.6 Å². The zero-order valence-corrected chi connectivity index (χ0v) is 13.3. The number of aromatic hydroxyl groups is 2. The standard InChI is InChI=1S/C19H19ClO2/c1-2-15-16(13-6-9-19(22)18(20)11-13)5-3-4-12-10-14(21)7-8-17(12)15/h6-11,21-22H,2-5H2,1H3. The molecule has 2 aromatic rings. The molecule has 0 bridgehead atoms. The monoisotopic (exact) mass is 314 g/mol. The molecule has 1 aliphatic carbocycles. The lowest BCUT2D eigenvalue weighted by Crippen LogP contribution is -1.93. The zero-order chi connectivity index (χ0) is 15.7. The number of hydrogen-bond acceptors (Lipinski definition) is 2. The highest BCUT2D eigenvalue weighted by molar-refractivity contribution is 6.32. The highest BCUT2D eigenvalue weighted by atomic mass is 35.5. The Morgan fingerprint density at radius 2 is 1.86 bits per heavy atom. The Labute approximate surface area is 135 Å². The van der Waals surface area contributed by atoms with Crippen LogP contribution in [0.1, 0.15) is 42.9 Å². The second-order valence-electron chi connectivity index (χ2n) is 5.67. The van der Waals surface area contributed by atoms with Crippen LogP contribution in [0.5, 0.6) is 11.5 Å². The third kappa shape index (κ3) is 2.71. The first-order valence-electron chi connectivity index (χ1n) is 7.63. The number of phenolic OH excluding ortho intramolecular Hbond substituents is 2. The van der Waals surface area contributed by atoms with E-state index in [2.05, 4.69) is 6.92 Å². The fraction of sp³-hybridized carbons (Fsp3) is 0.263. The molecule has 1 aliphatic rings. The summed E-state index contributed by atoms with van der Waals surface area (Å²) in [7, 11) is 0. The van der Waals surface area contributed by atoms with Gasteiger partial charge in [0.25, 0.3) is 0 Å². The molecule has 2 aromatic carbocycles. The van der Waals surface area contributed by atoms with E-state index in [1.165, 1.54) is 22.3 Å². The van der Waals surface area contributed by atoms with Gasteiger partial charge in [-0.2, -0.15) is 0 Å². The maximum absolute atomic E-state index is 9.73. The fourth-order valence-corrected chi connectivity index (χ4v) is 3.45. The molecule has 0 amide bonds. The zero-order valence-electron chi connectivity index (χ0n) is 12.6. The Hall–Kier alpha value is -1.93. The number of benzene rings is 2. The molecule has 0 spiro atoms. The summed E-state index contributed by atoms with van der Waals surface area (Å²) in [4.78, 5) is 0. The lowest BCUT2D eigenvalue weighted by Gasteiger charge is -2.15. The van der Waals surface area contributed by atoms with Crippen molar-refractivity contribution in [2.45, 2.75) is 32.6 Å². The van der Waals surface area contributed by atoms with Crippen molar-refractivity contribution in [3.8, 4) is 11.5 Å². The van der Waals surface area contributed by atoms with Crippen molar-refractivity contribution in [2.24, 2.45) is 0 Å². The molecule has 0 atom stereocenters. The number of halogens is 1. The van der Waals surface area contributed by atoms with Gasteiger partial charge in [-0.05, 0) is 77.8 Å². The maximum Gasteiger partial charge on any atom is 0.134 e. The van der Waals surface area contributed by atoms with Crippen molar-refractivity contribution in [2.75, 3.05) is 0 Å². The van der Waals surface area contributed by atoms with Gasteiger partial charge in [-0.25, -0.2) is 0 Å². The first-order chi connectivity index (χ1) is 10.6. The van der Waals surface area contributed by atoms with Crippen LogP contribution in [0.2, 0.25) is 5.02 Å². The van der Waals surface area contributed by atoms with E-state index >= 15 is 0 Å². The molecule has 0 heterocycles. The summed E-state index contributed by atoms with van der Waals surface area (Å²) < 4.78 is 0. The number of aryl methyl sites for hydroxylation is 1. The highest BCUT2D eigenvalue weighted by Gasteiger charge is 2.18. The predicted molar refractivity (Wildman–Crippen MR) is 91.3 cm³/mol. The third-order valence-electron chi connectivity index (χ3n) is 4.30. The van der Waals surface area contributed by atoms with Crippen LogP contribution in [0.4, 0.5) is 0 Å². The largest absolute Gasteiger partial charge is 0.508 e. The van der Waals surface area contributed by atoms with Gasteiger partial charge >= 0.3 is 0 Å². The second-order valence-corrected chi connectivity index (χ2v) is 6.08. The van der Waals surface area contributed by atoms with Gasteiger partial charge in [0.1, 0.15) is 11.5 Å². The van der Waals surface area contributed by atoms with E-state index in [-0.39, 0.29) is 5.75 Å². The topological polar surface area (TPSA) is 40.5 Å². The highest BCUT2D eigenvalue weighted by Crippen LogP contribution is 2.39. The van der Waals surface area contributed by atoms with Crippen LogP contribution in [0, 0.1) is 0 Å². The molecule has 2 N–H and O–H groups in total. The minimum absolute atomic E-state index is 0.114. The molecule has 114 valence electrons. The van der Waals surface area contributed by atoms with Gasteiger partial charge in [0, 0.05) is 0 Å². The third-order valence-corrected chi connectivity index (χ3v) is 4.60. The lowest BCUT2D eigenvalue weighted by molar-refractivity contribution is 0.474. The van der Waals surface area contributed by atoms with Crippen molar-refractivity contribution in [3.63, 3.8) is 0 Å². The van der Waals surface area contributed by atoms with Gasteiger partial charge < -0.3 is 10.2 Å². The van der Waals surface area contributed by atoms with E-state index < -0.39 is 0 Å². The summed E-state index contributed by atoms with van der Waals surface area (Å²) in [5.41, 5.74) is 6.08. The summed E-state index contributed by atoms with van der Waals surface area (Å²) in [5.74, 6) is 0.438. The van der Waals surface area contributed by atoms with Gasteiger partial charge in [-0.1, -0.05) is 30.7 Å². The predicted octanol–water partition coefficient (Wildman–Crippen LogP) is 5.41. The van der Waals surface area contributed by atoms with E-state index in [0.717, 1.165) is 31.2 Å². The normalized spacial score (nSPS) is 14.6. The number of rotatable bonds is 2. The lowest BCUT2D eigenvalue weighted by atomic mass is 9.91. The minimum atomic E-state index is 0.114. The van der Waals surface area contributed by atoms with Crippen LogP contribution in [0.15, 0.2) is 36.4 Å². The van der Waals surface area contributed by atoms with Crippen molar-refractivity contribution in [1.82, 2.24) is 0 Å². The van der Waals surface area contributed by atoms with Gasteiger partial charge in [0.15, 0.2) is 0 Å². The molecule has 0 fully saturated rings.